The molecule has 2 N–H and O–H groups in total. The normalized spacial score (nSPS) is 14.9. The summed E-state index contributed by atoms with van der Waals surface area (Å²) in [5.41, 5.74) is 0.942. The Morgan fingerprint density at radius 3 is 3.06 bits per heavy atom. The Morgan fingerprint density at radius 1 is 1.53 bits per heavy atom. The SMILES string of the molecule is O=C1NCCN1CCNc1cccc(Cl)c1Br. The Balaban J connectivity index is 1.86. The van der Waals surface area contributed by atoms with E-state index >= 15 is 0 Å². The van der Waals surface area contributed by atoms with Crippen molar-refractivity contribution in [1.29, 1.82) is 0 Å². The first-order chi connectivity index (χ1) is 8.18. The summed E-state index contributed by atoms with van der Waals surface area (Å²) in [4.78, 5) is 13.1. The molecule has 2 amide bonds. The van der Waals surface area contributed by atoms with Crippen LogP contribution in [0, 0.1) is 0 Å². The lowest BCUT2D eigenvalue weighted by Gasteiger charge is -2.15. The number of hydrogen-bond acceptors (Lipinski definition) is 2. The van der Waals surface area contributed by atoms with Gasteiger partial charge in [-0.3, -0.25) is 0 Å². The van der Waals surface area contributed by atoms with E-state index < -0.39 is 0 Å². The maximum absolute atomic E-state index is 11.3. The number of carbonyl (C=O) groups excluding carboxylic acids is 1. The lowest BCUT2D eigenvalue weighted by molar-refractivity contribution is 0.219. The predicted octanol–water partition coefficient (Wildman–Crippen LogP) is 2.54. The number of nitrogens with one attached hydrogen (secondary N) is 2. The van der Waals surface area contributed by atoms with Gasteiger partial charge in [0.25, 0.3) is 0 Å². The molecule has 17 heavy (non-hydrogen) atoms. The molecule has 1 aromatic carbocycles. The Morgan fingerprint density at radius 2 is 2.35 bits per heavy atom. The molecule has 1 saturated heterocycles. The van der Waals surface area contributed by atoms with Gasteiger partial charge < -0.3 is 15.5 Å². The molecule has 1 aliphatic rings. The van der Waals surface area contributed by atoms with Crippen LogP contribution in [0.5, 0.6) is 0 Å². The van der Waals surface area contributed by atoms with Crippen molar-refractivity contribution >= 4 is 39.2 Å². The number of urea groups is 1. The maximum Gasteiger partial charge on any atom is 0.317 e. The zero-order chi connectivity index (χ0) is 12.3. The van der Waals surface area contributed by atoms with E-state index in [-0.39, 0.29) is 6.03 Å². The molecule has 0 spiro atoms. The highest BCUT2D eigenvalue weighted by Gasteiger charge is 2.18. The van der Waals surface area contributed by atoms with Crippen molar-refractivity contribution in [3.05, 3.63) is 27.7 Å². The Hall–Kier alpha value is -0.940. The van der Waals surface area contributed by atoms with Gasteiger partial charge in [-0.25, -0.2) is 4.79 Å². The van der Waals surface area contributed by atoms with E-state index in [0.717, 1.165) is 23.2 Å². The first-order valence-corrected chi connectivity index (χ1v) is 6.56. The summed E-state index contributed by atoms with van der Waals surface area (Å²) in [5, 5.41) is 6.69. The monoisotopic (exact) mass is 317 g/mol. The molecule has 6 heteroatoms. The highest BCUT2D eigenvalue weighted by atomic mass is 79.9. The summed E-state index contributed by atoms with van der Waals surface area (Å²) in [5.74, 6) is 0. The second-order valence-corrected chi connectivity index (χ2v) is 4.95. The lowest BCUT2D eigenvalue weighted by Crippen LogP contribution is -2.32. The Bertz CT molecular complexity index is 427. The molecule has 1 fully saturated rings. The van der Waals surface area contributed by atoms with Crippen molar-refractivity contribution in [1.82, 2.24) is 10.2 Å². The average molecular weight is 319 g/mol. The first kappa shape index (κ1) is 12.5. The lowest BCUT2D eigenvalue weighted by atomic mass is 10.3. The van der Waals surface area contributed by atoms with E-state index in [1.807, 2.05) is 18.2 Å². The molecule has 0 aromatic heterocycles. The van der Waals surface area contributed by atoms with Gasteiger partial charge in [-0.1, -0.05) is 17.7 Å². The largest absolute Gasteiger partial charge is 0.382 e. The Labute approximate surface area is 113 Å². The van der Waals surface area contributed by atoms with Crippen LogP contribution < -0.4 is 10.6 Å². The standard InChI is InChI=1S/C11H13BrClN3O/c12-10-8(13)2-1-3-9(10)14-4-6-16-7-5-15-11(16)17/h1-3,14H,4-7H2,(H,15,17). The summed E-state index contributed by atoms with van der Waals surface area (Å²) >= 11 is 9.40. The summed E-state index contributed by atoms with van der Waals surface area (Å²) in [7, 11) is 0. The van der Waals surface area contributed by atoms with Crippen molar-refractivity contribution in [2.45, 2.75) is 0 Å². The minimum Gasteiger partial charge on any atom is -0.382 e. The van der Waals surface area contributed by atoms with Crippen LogP contribution >= 0.6 is 27.5 Å². The van der Waals surface area contributed by atoms with Crippen molar-refractivity contribution in [3.8, 4) is 0 Å². The highest BCUT2D eigenvalue weighted by molar-refractivity contribution is 9.10. The number of halogens is 2. The van der Waals surface area contributed by atoms with Gasteiger partial charge in [0.2, 0.25) is 0 Å². The fourth-order valence-corrected chi connectivity index (χ4v) is 2.27. The molecule has 1 heterocycles. The number of rotatable bonds is 4. The Kier molecular flexibility index (Phi) is 4.12. The molecule has 0 bridgehead atoms. The van der Waals surface area contributed by atoms with Gasteiger partial charge in [0, 0.05) is 26.2 Å². The molecule has 0 unspecified atom stereocenters. The van der Waals surface area contributed by atoms with Gasteiger partial charge in [-0.05, 0) is 28.1 Å². The van der Waals surface area contributed by atoms with Crippen LogP contribution in [0.15, 0.2) is 22.7 Å². The summed E-state index contributed by atoms with van der Waals surface area (Å²) in [6, 6.07) is 5.67. The average Bonchev–Trinajstić information content (AvgIpc) is 2.71. The number of hydrogen-bond donors (Lipinski definition) is 2. The molecule has 4 nitrogen and oxygen atoms in total. The summed E-state index contributed by atoms with van der Waals surface area (Å²) in [6.45, 7) is 2.90. The zero-order valence-corrected chi connectivity index (χ0v) is 11.5. The van der Waals surface area contributed by atoms with Crippen LogP contribution in [0.1, 0.15) is 0 Å². The molecule has 0 aliphatic carbocycles. The van der Waals surface area contributed by atoms with Crippen molar-refractivity contribution in [3.63, 3.8) is 0 Å². The second-order valence-electron chi connectivity index (χ2n) is 3.75. The third-order valence-corrected chi connectivity index (χ3v) is 3.99. The van der Waals surface area contributed by atoms with Gasteiger partial charge in [0.1, 0.15) is 0 Å². The van der Waals surface area contributed by atoms with Crippen molar-refractivity contribution in [2.24, 2.45) is 0 Å². The van der Waals surface area contributed by atoms with Crippen LogP contribution in [0.3, 0.4) is 0 Å². The van der Waals surface area contributed by atoms with Gasteiger partial charge in [-0.2, -0.15) is 0 Å². The molecular weight excluding hydrogens is 305 g/mol. The van der Waals surface area contributed by atoms with E-state index in [1.165, 1.54) is 0 Å². The second kappa shape index (κ2) is 5.60. The number of amides is 2. The van der Waals surface area contributed by atoms with Crippen molar-refractivity contribution in [2.75, 3.05) is 31.5 Å². The fourth-order valence-electron chi connectivity index (χ4n) is 1.69. The molecule has 1 aromatic rings. The zero-order valence-electron chi connectivity index (χ0n) is 9.17. The highest BCUT2D eigenvalue weighted by Crippen LogP contribution is 2.29. The number of benzene rings is 1. The third kappa shape index (κ3) is 3.04. The number of nitrogens with zero attached hydrogens (tertiary/aromatic N) is 1. The fraction of sp³-hybridized carbons (Fsp3) is 0.364. The molecule has 0 saturated carbocycles. The minimum atomic E-state index is 0.0111. The van der Waals surface area contributed by atoms with E-state index in [4.69, 9.17) is 11.6 Å². The molecule has 1 aliphatic heterocycles. The molecule has 2 rings (SSSR count). The van der Waals surface area contributed by atoms with Crippen LogP contribution in [0.4, 0.5) is 10.5 Å². The third-order valence-electron chi connectivity index (χ3n) is 2.59. The van der Waals surface area contributed by atoms with Gasteiger partial charge in [0.05, 0.1) is 15.2 Å². The van der Waals surface area contributed by atoms with E-state index in [2.05, 4.69) is 26.6 Å². The smallest absolute Gasteiger partial charge is 0.317 e. The summed E-state index contributed by atoms with van der Waals surface area (Å²) in [6.07, 6.45) is 0. The van der Waals surface area contributed by atoms with E-state index in [0.29, 0.717) is 18.1 Å². The maximum atomic E-state index is 11.3. The van der Waals surface area contributed by atoms with Gasteiger partial charge in [-0.15, -0.1) is 0 Å². The van der Waals surface area contributed by atoms with Crippen LogP contribution in [-0.4, -0.2) is 37.1 Å². The van der Waals surface area contributed by atoms with Crippen LogP contribution in [-0.2, 0) is 0 Å². The van der Waals surface area contributed by atoms with E-state index in [1.54, 1.807) is 4.90 Å². The topological polar surface area (TPSA) is 44.4 Å². The number of carbonyl (C=O) groups is 1. The molecular formula is C11H13BrClN3O. The van der Waals surface area contributed by atoms with Crippen LogP contribution in [0.25, 0.3) is 0 Å². The minimum absolute atomic E-state index is 0.0111. The number of anilines is 1. The summed E-state index contributed by atoms with van der Waals surface area (Å²) < 4.78 is 0.854. The molecule has 0 atom stereocenters. The first-order valence-electron chi connectivity index (χ1n) is 5.39. The molecule has 0 radical (unpaired) electrons. The van der Waals surface area contributed by atoms with Gasteiger partial charge in [0.15, 0.2) is 0 Å². The van der Waals surface area contributed by atoms with Crippen molar-refractivity contribution < 1.29 is 4.79 Å². The van der Waals surface area contributed by atoms with Gasteiger partial charge >= 0.3 is 6.03 Å². The molecule has 92 valence electrons. The predicted molar refractivity (Wildman–Crippen MR) is 72.6 cm³/mol. The quantitative estimate of drug-likeness (QED) is 0.896. The van der Waals surface area contributed by atoms with E-state index in [9.17, 15) is 4.79 Å². The van der Waals surface area contributed by atoms with Crippen LogP contribution in [0.2, 0.25) is 5.02 Å².